The molecule has 0 aromatic carbocycles. The SMILES string of the molecule is CCOC(=O)C(C(N)=O)C(C)(C)CC. The Morgan fingerprint density at radius 3 is 2.14 bits per heavy atom. The van der Waals surface area contributed by atoms with Gasteiger partial charge in [-0.1, -0.05) is 20.8 Å². The van der Waals surface area contributed by atoms with Gasteiger partial charge >= 0.3 is 5.97 Å². The lowest BCUT2D eigenvalue weighted by molar-refractivity contribution is -0.156. The van der Waals surface area contributed by atoms with E-state index < -0.39 is 23.2 Å². The van der Waals surface area contributed by atoms with Crippen molar-refractivity contribution in [1.82, 2.24) is 0 Å². The second-order valence-electron chi connectivity index (χ2n) is 3.93. The molecule has 0 saturated heterocycles. The molecule has 0 bridgehead atoms. The number of amides is 1. The number of hydrogen-bond donors (Lipinski definition) is 1. The second-order valence-corrected chi connectivity index (χ2v) is 3.93. The number of hydrogen-bond acceptors (Lipinski definition) is 3. The van der Waals surface area contributed by atoms with Crippen molar-refractivity contribution < 1.29 is 14.3 Å². The third kappa shape index (κ3) is 3.01. The summed E-state index contributed by atoms with van der Waals surface area (Å²) < 4.78 is 4.81. The van der Waals surface area contributed by atoms with Gasteiger partial charge in [0, 0.05) is 0 Å². The summed E-state index contributed by atoms with van der Waals surface area (Å²) in [5, 5.41) is 0. The Kier molecular flexibility index (Phi) is 4.60. The third-order valence-electron chi connectivity index (χ3n) is 2.50. The van der Waals surface area contributed by atoms with E-state index in [9.17, 15) is 9.59 Å². The van der Waals surface area contributed by atoms with Crippen LogP contribution in [0.4, 0.5) is 0 Å². The van der Waals surface area contributed by atoms with Crippen LogP contribution in [-0.2, 0) is 14.3 Å². The second kappa shape index (κ2) is 4.98. The Labute approximate surface area is 84.8 Å². The van der Waals surface area contributed by atoms with Crippen molar-refractivity contribution >= 4 is 11.9 Å². The molecule has 0 aliphatic heterocycles. The quantitative estimate of drug-likeness (QED) is 0.534. The lowest BCUT2D eigenvalue weighted by Gasteiger charge is -2.28. The van der Waals surface area contributed by atoms with E-state index in [2.05, 4.69) is 0 Å². The molecule has 4 nitrogen and oxygen atoms in total. The summed E-state index contributed by atoms with van der Waals surface area (Å²) in [7, 11) is 0. The Morgan fingerprint density at radius 1 is 1.36 bits per heavy atom. The Bertz CT molecular complexity index is 223. The fourth-order valence-corrected chi connectivity index (χ4v) is 1.25. The summed E-state index contributed by atoms with van der Waals surface area (Å²) in [6.07, 6.45) is 0.694. The van der Waals surface area contributed by atoms with Crippen LogP contribution in [0.2, 0.25) is 0 Å². The minimum absolute atomic E-state index is 0.266. The van der Waals surface area contributed by atoms with Gasteiger partial charge in [-0.05, 0) is 18.8 Å². The van der Waals surface area contributed by atoms with Gasteiger partial charge in [-0.25, -0.2) is 0 Å². The molecule has 0 spiro atoms. The van der Waals surface area contributed by atoms with E-state index in [-0.39, 0.29) is 6.61 Å². The first kappa shape index (κ1) is 12.9. The summed E-state index contributed by atoms with van der Waals surface area (Å²) in [6, 6.07) is 0. The Balaban J connectivity index is 4.77. The summed E-state index contributed by atoms with van der Waals surface area (Å²) in [6.45, 7) is 7.55. The number of rotatable bonds is 5. The molecular formula is C10H19NO3. The van der Waals surface area contributed by atoms with Crippen molar-refractivity contribution in [3.05, 3.63) is 0 Å². The minimum Gasteiger partial charge on any atom is -0.465 e. The highest BCUT2D eigenvalue weighted by atomic mass is 16.5. The third-order valence-corrected chi connectivity index (χ3v) is 2.50. The first-order valence-electron chi connectivity index (χ1n) is 4.82. The predicted octanol–water partition coefficient (Wildman–Crippen LogP) is 1.09. The van der Waals surface area contributed by atoms with Crippen molar-refractivity contribution in [3.8, 4) is 0 Å². The van der Waals surface area contributed by atoms with Crippen molar-refractivity contribution in [1.29, 1.82) is 0 Å². The highest BCUT2D eigenvalue weighted by Crippen LogP contribution is 2.31. The van der Waals surface area contributed by atoms with E-state index >= 15 is 0 Å². The molecular weight excluding hydrogens is 182 g/mol. The van der Waals surface area contributed by atoms with Crippen LogP contribution in [0.5, 0.6) is 0 Å². The van der Waals surface area contributed by atoms with Gasteiger partial charge in [0.1, 0.15) is 5.92 Å². The molecule has 0 aromatic heterocycles. The van der Waals surface area contributed by atoms with Crippen molar-refractivity contribution in [3.63, 3.8) is 0 Å². The number of primary amides is 1. The van der Waals surface area contributed by atoms with E-state index in [1.807, 2.05) is 20.8 Å². The lowest BCUT2D eigenvalue weighted by Crippen LogP contribution is -2.42. The van der Waals surface area contributed by atoms with Gasteiger partial charge in [-0.15, -0.1) is 0 Å². The molecule has 0 aromatic rings. The van der Waals surface area contributed by atoms with E-state index in [1.54, 1.807) is 6.92 Å². The fraction of sp³-hybridized carbons (Fsp3) is 0.800. The van der Waals surface area contributed by atoms with Gasteiger partial charge in [0.25, 0.3) is 0 Å². The average Bonchev–Trinajstić information content (AvgIpc) is 2.03. The van der Waals surface area contributed by atoms with Crippen LogP contribution in [-0.4, -0.2) is 18.5 Å². The number of esters is 1. The number of nitrogens with two attached hydrogens (primary N) is 1. The van der Waals surface area contributed by atoms with Crippen LogP contribution >= 0.6 is 0 Å². The zero-order chi connectivity index (χ0) is 11.4. The summed E-state index contributed by atoms with van der Waals surface area (Å²) in [5.41, 5.74) is 4.74. The van der Waals surface area contributed by atoms with E-state index in [0.29, 0.717) is 6.42 Å². The summed E-state index contributed by atoms with van der Waals surface area (Å²) in [4.78, 5) is 22.6. The van der Waals surface area contributed by atoms with Crippen LogP contribution in [0.15, 0.2) is 0 Å². The largest absolute Gasteiger partial charge is 0.465 e. The molecule has 0 fully saturated rings. The smallest absolute Gasteiger partial charge is 0.319 e. The highest BCUT2D eigenvalue weighted by Gasteiger charge is 2.39. The number of carbonyl (C=O) groups excluding carboxylic acids is 2. The number of carbonyl (C=O) groups is 2. The minimum atomic E-state index is -0.854. The maximum Gasteiger partial charge on any atom is 0.319 e. The van der Waals surface area contributed by atoms with Gasteiger partial charge in [0.15, 0.2) is 0 Å². The standard InChI is InChI=1S/C10H19NO3/c1-5-10(3,4)7(8(11)12)9(13)14-6-2/h7H,5-6H2,1-4H3,(H2,11,12). The van der Waals surface area contributed by atoms with Crippen molar-refractivity contribution in [2.24, 2.45) is 17.1 Å². The highest BCUT2D eigenvalue weighted by molar-refractivity contribution is 5.97. The van der Waals surface area contributed by atoms with Gasteiger partial charge in [-0.3, -0.25) is 9.59 Å². The summed E-state index contributed by atoms with van der Waals surface area (Å²) >= 11 is 0. The normalized spacial score (nSPS) is 13.4. The molecule has 0 radical (unpaired) electrons. The molecule has 0 heterocycles. The fourth-order valence-electron chi connectivity index (χ4n) is 1.25. The van der Waals surface area contributed by atoms with Crippen LogP contribution in [0, 0.1) is 11.3 Å². The van der Waals surface area contributed by atoms with Crippen LogP contribution < -0.4 is 5.73 Å². The maximum atomic E-state index is 11.5. The van der Waals surface area contributed by atoms with Gasteiger partial charge in [-0.2, -0.15) is 0 Å². The molecule has 1 amide bonds. The molecule has 14 heavy (non-hydrogen) atoms. The molecule has 82 valence electrons. The maximum absolute atomic E-state index is 11.5. The molecule has 0 saturated carbocycles. The van der Waals surface area contributed by atoms with Gasteiger partial charge in [0.2, 0.25) is 5.91 Å². The van der Waals surface area contributed by atoms with Crippen molar-refractivity contribution in [2.45, 2.75) is 34.1 Å². The van der Waals surface area contributed by atoms with E-state index in [0.717, 1.165) is 0 Å². The molecule has 0 aliphatic carbocycles. The number of ether oxygens (including phenoxy) is 1. The van der Waals surface area contributed by atoms with Crippen molar-refractivity contribution in [2.75, 3.05) is 6.61 Å². The van der Waals surface area contributed by atoms with Gasteiger partial charge < -0.3 is 10.5 Å². The predicted molar refractivity (Wildman–Crippen MR) is 53.4 cm³/mol. The van der Waals surface area contributed by atoms with Crippen LogP contribution in [0.3, 0.4) is 0 Å². The molecule has 1 atom stereocenters. The lowest BCUT2D eigenvalue weighted by atomic mass is 9.76. The summed E-state index contributed by atoms with van der Waals surface area (Å²) in [5.74, 6) is -1.99. The van der Waals surface area contributed by atoms with E-state index in [1.165, 1.54) is 0 Å². The Hall–Kier alpha value is -1.06. The first-order valence-corrected chi connectivity index (χ1v) is 4.82. The molecule has 2 N–H and O–H groups in total. The van der Waals surface area contributed by atoms with Gasteiger partial charge in [0.05, 0.1) is 6.61 Å². The Morgan fingerprint density at radius 2 is 1.86 bits per heavy atom. The van der Waals surface area contributed by atoms with E-state index in [4.69, 9.17) is 10.5 Å². The molecule has 1 unspecified atom stereocenters. The molecule has 0 rings (SSSR count). The van der Waals surface area contributed by atoms with Crippen LogP contribution in [0.1, 0.15) is 34.1 Å². The molecule has 0 aliphatic rings. The first-order chi connectivity index (χ1) is 6.36. The molecule has 4 heteroatoms. The average molecular weight is 201 g/mol. The zero-order valence-electron chi connectivity index (χ0n) is 9.29. The zero-order valence-corrected chi connectivity index (χ0v) is 9.29. The van der Waals surface area contributed by atoms with Crippen LogP contribution in [0.25, 0.3) is 0 Å². The monoisotopic (exact) mass is 201 g/mol. The topological polar surface area (TPSA) is 69.4 Å².